The summed E-state index contributed by atoms with van der Waals surface area (Å²) in [7, 11) is -3.88. The Labute approximate surface area is 137 Å². The van der Waals surface area contributed by atoms with E-state index in [2.05, 4.69) is 11.8 Å². The van der Waals surface area contributed by atoms with Gasteiger partial charge in [-0.3, -0.25) is 10.1 Å². The maximum absolute atomic E-state index is 12.9. The average molecular weight is 341 g/mol. The lowest BCUT2D eigenvalue weighted by Gasteiger charge is -2.36. The van der Waals surface area contributed by atoms with Crippen molar-refractivity contribution >= 4 is 15.7 Å². The third kappa shape index (κ3) is 3.70. The second kappa shape index (κ2) is 7.37. The molecule has 0 bridgehead atoms. The lowest BCUT2D eigenvalue weighted by molar-refractivity contribution is -0.387. The molecule has 1 fully saturated rings. The molecule has 23 heavy (non-hydrogen) atoms. The highest BCUT2D eigenvalue weighted by Gasteiger charge is 2.36. The molecule has 0 spiro atoms. The Morgan fingerprint density at radius 1 is 1.26 bits per heavy atom. The number of nitro groups is 1. The Balaban J connectivity index is 2.32. The molecule has 8 heteroatoms. The van der Waals surface area contributed by atoms with E-state index in [1.54, 1.807) is 6.92 Å². The summed E-state index contributed by atoms with van der Waals surface area (Å²) in [5.74, 6) is 0. The van der Waals surface area contributed by atoms with Gasteiger partial charge in [0.15, 0.2) is 4.90 Å². The molecule has 128 valence electrons. The normalized spacial score (nSPS) is 17.5. The Morgan fingerprint density at radius 2 is 1.87 bits per heavy atom. The predicted octanol–water partition coefficient (Wildman–Crippen LogP) is 2.09. The van der Waals surface area contributed by atoms with E-state index in [9.17, 15) is 18.5 Å². The summed E-state index contributed by atoms with van der Waals surface area (Å²) in [4.78, 5) is 12.6. The number of hydrogen-bond donors (Lipinski definition) is 0. The molecule has 0 amide bonds. The summed E-state index contributed by atoms with van der Waals surface area (Å²) in [6.07, 6.45) is 1.50. The van der Waals surface area contributed by atoms with Gasteiger partial charge in [0.25, 0.3) is 5.69 Å². The first kappa shape index (κ1) is 17.8. The standard InChI is InChI=1S/C15H23N3O4S/c1-3-16-11-9-13(10-12-16)17(4-2)23(21,22)15-8-6-5-7-14(15)18(19)20/h5-8,13H,3-4,9-12H2,1-2H3. The van der Waals surface area contributed by atoms with E-state index in [4.69, 9.17) is 0 Å². The summed E-state index contributed by atoms with van der Waals surface area (Å²) in [5, 5.41) is 11.2. The monoisotopic (exact) mass is 341 g/mol. The van der Waals surface area contributed by atoms with Crippen molar-refractivity contribution in [3.05, 3.63) is 34.4 Å². The minimum atomic E-state index is -3.88. The van der Waals surface area contributed by atoms with Crippen LogP contribution in [-0.2, 0) is 10.0 Å². The zero-order chi connectivity index (χ0) is 17.0. The van der Waals surface area contributed by atoms with Gasteiger partial charge in [0.1, 0.15) is 0 Å². The molecule has 1 aromatic carbocycles. The number of hydrogen-bond acceptors (Lipinski definition) is 5. The van der Waals surface area contributed by atoms with Crippen LogP contribution >= 0.6 is 0 Å². The molecule has 0 radical (unpaired) electrons. The highest BCUT2D eigenvalue weighted by Crippen LogP contribution is 2.29. The van der Waals surface area contributed by atoms with Crippen LogP contribution in [0, 0.1) is 10.1 Å². The van der Waals surface area contributed by atoms with Gasteiger partial charge in [-0.15, -0.1) is 0 Å². The van der Waals surface area contributed by atoms with Crippen molar-refractivity contribution < 1.29 is 13.3 Å². The van der Waals surface area contributed by atoms with E-state index in [-0.39, 0.29) is 16.6 Å². The van der Waals surface area contributed by atoms with E-state index in [0.717, 1.165) is 32.5 Å². The lowest BCUT2D eigenvalue weighted by Crippen LogP contribution is -2.47. The fraction of sp³-hybridized carbons (Fsp3) is 0.600. The first-order chi connectivity index (χ1) is 10.9. The zero-order valence-electron chi connectivity index (χ0n) is 13.5. The van der Waals surface area contributed by atoms with Gasteiger partial charge in [0.2, 0.25) is 10.0 Å². The van der Waals surface area contributed by atoms with Crippen molar-refractivity contribution in [3.8, 4) is 0 Å². The van der Waals surface area contributed by atoms with Gasteiger partial charge >= 0.3 is 0 Å². The summed E-state index contributed by atoms with van der Waals surface area (Å²) in [5.41, 5.74) is -0.364. The van der Waals surface area contributed by atoms with E-state index in [1.165, 1.54) is 28.6 Å². The second-order valence-electron chi connectivity index (χ2n) is 5.60. The van der Waals surface area contributed by atoms with Gasteiger partial charge in [-0.2, -0.15) is 4.31 Å². The topological polar surface area (TPSA) is 83.8 Å². The van der Waals surface area contributed by atoms with Crippen molar-refractivity contribution in [1.29, 1.82) is 0 Å². The molecule has 1 saturated heterocycles. The number of para-hydroxylation sites is 1. The van der Waals surface area contributed by atoms with Crippen LogP contribution < -0.4 is 0 Å². The third-order valence-corrected chi connectivity index (χ3v) is 6.45. The Morgan fingerprint density at radius 3 is 2.39 bits per heavy atom. The van der Waals surface area contributed by atoms with E-state index in [1.807, 2.05) is 0 Å². The van der Waals surface area contributed by atoms with Crippen LogP contribution in [-0.4, -0.2) is 54.8 Å². The molecule has 0 unspecified atom stereocenters. The minimum Gasteiger partial charge on any atom is -0.303 e. The predicted molar refractivity (Wildman–Crippen MR) is 87.8 cm³/mol. The van der Waals surface area contributed by atoms with Gasteiger partial charge in [-0.25, -0.2) is 8.42 Å². The van der Waals surface area contributed by atoms with Crippen LogP contribution in [0.25, 0.3) is 0 Å². The molecular formula is C15H23N3O4S. The molecule has 7 nitrogen and oxygen atoms in total. The summed E-state index contributed by atoms with van der Waals surface area (Å²) in [6.45, 7) is 6.83. The maximum atomic E-state index is 12.9. The number of benzene rings is 1. The van der Waals surface area contributed by atoms with Gasteiger partial charge in [-0.05, 0) is 38.5 Å². The third-order valence-electron chi connectivity index (χ3n) is 4.37. The van der Waals surface area contributed by atoms with E-state index in [0.29, 0.717) is 6.54 Å². The van der Waals surface area contributed by atoms with Crippen molar-refractivity contribution in [3.63, 3.8) is 0 Å². The van der Waals surface area contributed by atoms with Gasteiger partial charge in [0, 0.05) is 18.7 Å². The van der Waals surface area contributed by atoms with Crippen molar-refractivity contribution in [2.24, 2.45) is 0 Å². The number of nitrogens with zero attached hydrogens (tertiary/aromatic N) is 3. The summed E-state index contributed by atoms with van der Waals surface area (Å²) in [6, 6.07) is 5.45. The number of nitro benzene ring substituents is 1. The molecule has 2 rings (SSSR count). The smallest absolute Gasteiger partial charge is 0.289 e. The van der Waals surface area contributed by atoms with Crippen molar-refractivity contribution in [2.45, 2.75) is 37.6 Å². The second-order valence-corrected chi connectivity index (χ2v) is 7.46. The van der Waals surface area contributed by atoms with E-state index < -0.39 is 14.9 Å². The van der Waals surface area contributed by atoms with Gasteiger partial charge in [0.05, 0.1) is 4.92 Å². The molecule has 0 aromatic heterocycles. The molecule has 0 N–H and O–H groups in total. The van der Waals surface area contributed by atoms with Gasteiger partial charge < -0.3 is 4.90 Å². The van der Waals surface area contributed by atoms with Crippen molar-refractivity contribution in [2.75, 3.05) is 26.2 Å². The fourth-order valence-electron chi connectivity index (χ4n) is 3.10. The van der Waals surface area contributed by atoms with Crippen LogP contribution in [0.4, 0.5) is 5.69 Å². The Bertz CT molecular complexity index is 654. The quantitative estimate of drug-likeness (QED) is 0.584. The molecule has 1 aromatic rings. The Kier molecular flexibility index (Phi) is 5.72. The highest BCUT2D eigenvalue weighted by atomic mass is 32.2. The molecule has 1 heterocycles. The number of piperidine rings is 1. The largest absolute Gasteiger partial charge is 0.303 e. The molecule has 0 atom stereocenters. The molecular weight excluding hydrogens is 318 g/mol. The van der Waals surface area contributed by atoms with Crippen LogP contribution in [0.2, 0.25) is 0 Å². The molecule has 1 aliphatic heterocycles. The number of rotatable bonds is 6. The lowest BCUT2D eigenvalue weighted by atomic mass is 10.1. The molecule has 1 aliphatic rings. The average Bonchev–Trinajstić information content (AvgIpc) is 2.56. The van der Waals surface area contributed by atoms with Crippen molar-refractivity contribution in [1.82, 2.24) is 9.21 Å². The van der Waals surface area contributed by atoms with Crippen LogP contribution in [0.1, 0.15) is 26.7 Å². The molecule has 0 saturated carbocycles. The number of likely N-dealkylation sites (tertiary alicyclic amines) is 1. The molecule has 0 aliphatic carbocycles. The fourth-order valence-corrected chi connectivity index (χ4v) is 4.95. The Hall–Kier alpha value is -1.51. The van der Waals surface area contributed by atoms with E-state index >= 15 is 0 Å². The first-order valence-electron chi connectivity index (χ1n) is 7.89. The number of sulfonamides is 1. The summed E-state index contributed by atoms with van der Waals surface area (Å²) < 4.78 is 27.3. The van der Waals surface area contributed by atoms with Crippen LogP contribution in [0.5, 0.6) is 0 Å². The zero-order valence-corrected chi connectivity index (χ0v) is 14.3. The summed E-state index contributed by atoms with van der Waals surface area (Å²) >= 11 is 0. The highest BCUT2D eigenvalue weighted by molar-refractivity contribution is 7.89. The van der Waals surface area contributed by atoms with Crippen LogP contribution in [0.3, 0.4) is 0 Å². The minimum absolute atomic E-state index is 0.104. The maximum Gasteiger partial charge on any atom is 0.289 e. The van der Waals surface area contributed by atoms with Crippen LogP contribution in [0.15, 0.2) is 29.2 Å². The first-order valence-corrected chi connectivity index (χ1v) is 9.33. The SMILES string of the molecule is CCN1CCC(N(CC)S(=O)(=O)c2ccccc2[N+](=O)[O-])CC1. The van der Waals surface area contributed by atoms with Gasteiger partial charge in [-0.1, -0.05) is 26.0 Å².